The van der Waals surface area contributed by atoms with Crippen LogP contribution in [0.1, 0.15) is 30.7 Å². The Hall–Kier alpha value is -1.90. The molecule has 1 aromatic heterocycles. The summed E-state index contributed by atoms with van der Waals surface area (Å²) in [5, 5.41) is 11.3. The first-order valence-electron chi connectivity index (χ1n) is 6.30. The van der Waals surface area contributed by atoms with E-state index in [1.54, 1.807) is 6.20 Å². The maximum atomic E-state index is 11.0. The predicted octanol–water partition coefficient (Wildman–Crippen LogP) is 3.20. The summed E-state index contributed by atoms with van der Waals surface area (Å²) in [6, 6.07) is 8.08. The molecule has 1 N–H and O–H groups in total. The van der Waals surface area contributed by atoms with Crippen molar-refractivity contribution in [1.29, 1.82) is 0 Å². The number of aliphatic carboxylic acids is 1. The van der Waals surface area contributed by atoms with Gasteiger partial charge in [0.05, 0.1) is 6.42 Å². The van der Waals surface area contributed by atoms with Crippen molar-refractivity contribution >= 4 is 16.7 Å². The predicted molar refractivity (Wildman–Crippen MR) is 69.5 cm³/mol. The molecule has 0 aliphatic heterocycles. The van der Waals surface area contributed by atoms with Crippen LogP contribution in [-0.4, -0.2) is 16.1 Å². The van der Waals surface area contributed by atoms with E-state index in [9.17, 15) is 4.79 Å². The molecule has 1 fully saturated rings. The third-order valence-corrected chi connectivity index (χ3v) is 3.70. The second-order valence-electron chi connectivity index (χ2n) is 4.99. The van der Waals surface area contributed by atoms with E-state index in [4.69, 9.17) is 5.11 Å². The first kappa shape index (κ1) is 11.2. The standard InChI is InChI=1S/C15H15NO2/c17-15(18)8-13(11-4-5-11)12-3-1-2-10-6-7-16-9-14(10)12/h1-3,6-7,9,11,13H,4-5,8H2,(H,17,18). The number of carboxylic acids is 1. The smallest absolute Gasteiger partial charge is 0.303 e. The molecule has 3 rings (SSSR count). The van der Waals surface area contributed by atoms with Crippen LogP contribution in [0.2, 0.25) is 0 Å². The number of hydrogen-bond acceptors (Lipinski definition) is 2. The number of benzene rings is 1. The van der Waals surface area contributed by atoms with Gasteiger partial charge in [-0.1, -0.05) is 18.2 Å². The zero-order valence-corrected chi connectivity index (χ0v) is 10.0. The maximum absolute atomic E-state index is 11.0. The lowest BCUT2D eigenvalue weighted by Gasteiger charge is -2.16. The van der Waals surface area contributed by atoms with Crippen LogP contribution in [0.25, 0.3) is 10.8 Å². The molecular formula is C15H15NO2. The number of rotatable bonds is 4. The quantitative estimate of drug-likeness (QED) is 0.894. The van der Waals surface area contributed by atoms with Crippen LogP contribution in [0.4, 0.5) is 0 Å². The van der Waals surface area contributed by atoms with Gasteiger partial charge in [-0.15, -0.1) is 0 Å². The number of pyridine rings is 1. The second kappa shape index (κ2) is 4.41. The molecule has 1 unspecified atom stereocenters. The van der Waals surface area contributed by atoms with Crippen molar-refractivity contribution in [2.24, 2.45) is 5.92 Å². The van der Waals surface area contributed by atoms with Crippen molar-refractivity contribution in [3.63, 3.8) is 0 Å². The summed E-state index contributed by atoms with van der Waals surface area (Å²) in [6.07, 6.45) is 6.14. The molecule has 0 saturated heterocycles. The van der Waals surface area contributed by atoms with Gasteiger partial charge in [0.2, 0.25) is 0 Å². The minimum Gasteiger partial charge on any atom is -0.481 e. The fourth-order valence-electron chi connectivity index (χ4n) is 2.68. The number of nitrogens with zero attached hydrogens (tertiary/aromatic N) is 1. The molecule has 0 radical (unpaired) electrons. The van der Waals surface area contributed by atoms with E-state index in [1.165, 1.54) is 0 Å². The van der Waals surface area contributed by atoms with Crippen LogP contribution >= 0.6 is 0 Å². The average Bonchev–Trinajstić information content (AvgIpc) is 3.19. The highest BCUT2D eigenvalue weighted by Gasteiger charge is 2.34. The third kappa shape index (κ3) is 2.08. The van der Waals surface area contributed by atoms with E-state index < -0.39 is 5.97 Å². The molecule has 1 aromatic carbocycles. The Kier molecular flexibility index (Phi) is 2.74. The molecule has 2 aromatic rings. The molecule has 0 spiro atoms. The van der Waals surface area contributed by atoms with Gasteiger partial charge >= 0.3 is 5.97 Å². The Morgan fingerprint density at radius 3 is 2.94 bits per heavy atom. The van der Waals surface area contributed by atoms with Gasteiger partial charge in [-0.25, -0.2) is 0 Å². The summed E-state index contributed by atoms with van der Waals surface area (Å²) < 4.78 is 0. The summed E-state index contributed by atoms with van der Waals surface area (Å²) in [5.41, 5.74) is 1.14. The van der Waals surface area contributed by atoms with Crippen LogP contribution in [0.3, 0.4) is 0 Å². The Morgan fingerprint density at radius 2 is 2.22 bits per heavy atom. The lowest BCUT2D eigenvalue weighted by atomic mass is 9.88. The first-order valence-corrected chi connectivity index (χ1v) is 6.30. The Balaban J connectivity index is 2.08. The van der Waals surface area contributed by atoms with E-state index in [0.717, 1.165) is 29.2 Å². The van der Waals surface area contributed by atoms with Crippen molar-refractivity contribution in [1.82, 2.24) is 4.98 Å². The monoisotopic (exact) mass is 241 g/mol. The number of carbonyl (C=O) groups is 1. The van der Waals surface area contributed by atoms with E-state index in [2.05, 4.69) is 11.1 Å². The van der Waals surface area contributed by atoms with E-state index in [0.29, 0.717) is 5.92 Å². The van der Waals surface area contributed by atoms with Crippen LogP contribution < -0.4 is 0 Å². The molecule has 1 atom stereocenters. The Labute approximate surface area is 105 Å². The zero-order chi connectivity index (χ0) is 12.5. The molecule has 1 saturated carbocycles. The number of aromatic nitrogens is 1. The van der Waals surface area contributed by atoms with Gasteiger partial charge in [0.1, 0.15) is 0 Å². The molecule has 92 valence electrons. The van der Waals surface area contributed by atoms with Crippen molar-refractivity contribution < 1.29 is 9.90 Å². The minimum absolute atomic E-state index is 0.135. The molecule has 0 amide bonds. The second-order valence-corrected chi connectivity index (χ2v) is 4.99. The molecular weight excluding hydrogens is 226 g/mol. The van der Waals surface area contributed by atoms with E-state index in [1.807, 2.05) is 24.4 Å². The average molecular weight is 241 g/mol. The molecule has 18 heavy (non-hydrogen) atoms. The fourth-order valence-corrected chi connectivity index (χ4v) is 2.68. The fraction of sp³-hybridized carbons (Fsp3) is 0.333. The molecule has 1 aliphatic rings. The molecule has 1 aliphatic carbocycles. The maximum Gasteiger partial charge on any atom is 0.303 e. The molecule has 3 nitrogen and oxygen atoms in total. The summed E-state index contributed by atoms with van der Waals surface area (Å²) in [5.74, 6) is -0.0462. The Morgan fingerprint density at radius 1 is 1.39 bits per heavy atom. The summed E-state index contributed by atoms with van der Waals surface area (Å²) in [7, 11) is 0. The minimum atomic E-state index is -0.715. The highest BCUT2D eigenvalue weighted by molar-refractivity contribution is 5.86. The Bertz CT molecular complexity index is 585. The summed E-state index contributed by atoms with van der Waals surface area (Å²) >= 11 is 0. The highest BCUT2D eigenvalue weighted by atomic mass is 16.4. The van der Waals surface area contributed by atoms with Crippen LogP contribution in [0.5, 0.6) is 0 Å². The van der Waals surface area contributed by atoms with Gasteiger partial charge in [-0.3, -0.25) is 9.78 Å². The first-order chi connectivity index (χ1) is 8.75. The van der Waals surface area contributed by atoms with Gasteiger partial charge < -0.3 is 5.11 Å². The topological polar surface area (TPSA) is 50.2 Å². The van der Waals surface area contributed by atoms with Crippen LogP contribution in [0, 0.1) is 5.92 Å². The highest BCUT2D eigenvalue weighted by Crippen LogP contribution is 2.46. The molecule has 3 heteroatoms. The lowest BCUT2D eigenvalue weighted by molar-refractivity contribution is -0.137. The number of carboxylic acid groups (broad SMARTS) is 1. The summed E-state index contributed by atoms with van der Waals surface area (Å²) in [4.78, 5) is 15.2. The van der Waals surface area contributed by atoms with E-state index in [-0.39, 0.29) is 12.3 Å². The summed E-state index contributed by atoms with van der Waals surface area (Å²) in [6.45, 7) is 0. The lowest BCUT2D eigenvalue weighted by Crippen LogP contribution is -2.08. The largest absolute Gasteiger partial charge is 0.481 e. The third-order valence-electron chi connectivity index (χ3n) is 3.70. The zero-order valence-electron chi connectivity index (χ0n) is 10.0. The van der Waals surface area contributed by atoms with Gasteiger partial charge in [-0.05, 0) is 41.7 Å². The normalized spacial score (nSPS) is 16.7. The number of fused-ring (bicyclic) bond motifs is 1. The number of hydrogen-bond donors (Lipinski definition) is 1. The SMILES string of the molecule is O=C(O)CC(c1cccc2ccncc12)C1CC1. The van der Waals surface area contributed by atoms with Crippen molar-refractivity contribution in [3.8, 4) is 0 Å². The van der Waals surface area contributed by atoms with Crippen LogP contribution in [-0.2, 0) is 4.79 Å². The molecule has 0 bridgehead atoms. The van der Waals surface area contributed by atoms with Crippen molar-refractivity contribution in [2.75, 3.05) is 0 Å². The van der Waals surface area contributed by atoms with Gasteiger partial charge in [0.15, 0.2) is 0 Å². The van der Waals surface area contributed by atoms with E-state index >= 15 is 0 Å². The van der Waals surface area contributed by atoms with Crippen molar-refractivity contribution in [2.45, 2.75) is 25.2 Å². The van der Waals surface area contributed by atoms with Gasteiger partial charge in [0.25, 0.3) is 0 Å². The van der Waals surface area contributed by atoms with Gasteiger partial charge in [-0.2, -0.15) is 0 Å². The van der Waals surface area contributed by atoms with Gasteiger partial charge in [0, 0.05) is 17.8 Å². The molecule has 1 heterocycles. The van der Waals surface area contributed by atoms with Crippen molar-refractivity contribution in [3.05, 3.63) is 42.2 Å². The van der Waals surface area contributed by atoms with Crippen LogP contribution in [0.15, 0.2) is 36.7 Å².